The molecule has 1 aliphatic rings. The minimum absolute atomic E-state index is 0.778. The van der Waals surface area contributed by atoms with Crippen LogP contribution in [0.3, 0.4) is 0 Å². The van der Waals surface area contributed by atoms with Crippen LogP contribution in [0, 0.1) is 11.8 Å². The molecule has 0 heterocycles. The number of hydrogen-bond acceptors (Lipinski definition) is 2. The molecule has 2 atom stereocenters. The van der Waals surface area contributed by atoms with Crippen LogP contribution in [0.5, 0.6) is 0 Å². The molecule has 1 aliphatic carbocycles. The van der Waals surface area contributed by atoms with E-state index in [0.29, 0.717) is 0 Å². The van der Waals surface area contributed by atoms with Crippen molar-refractivity contribution in [1.82, 2.24) is 5.32 Å². The van der Waals surface area contributed by atoms with Crippen LogP contribution < -0.4 is 5.32 Å². The SMILES string of the molecule is CNC(CCC(C)CCOC)C1CC1. The summed E-state index contributed by atoms with van der Waals surface area (Å²) in [7, 11) is 3.89. The molecule has 0 aromatic heterocycles. The third-order valence-corrected chi connectivity index (χ3v) is 3.35. The largest absolute Gasteiger partial charge is 0.385 e. The van der Waals surface area contributed by atoms with Gasteiger partial charge in [-0.25, -0.2) is 0 Å². The second-order valence-corrected chi connectivity index (χ2v) is 4.70. The molecule has 1 rings (SSSR count). The van der Waals surface area contributed by atoms with Crippen LogP contribution in [0.1, 0.15) is 39.0 Å². The maximum Gasteiger partial charge on any atom is 0.0464 e. The van der Waals surface area contributed by atoms with Gasteiger partial charge >= 0.3 is 0 Å². The van der Waals surface area contributed by atoms with Gasteiger partial charge in [-0.05, 0) is 51.0 Å². The predicted octanol–water partition coefficient (Wildman–Crippen LogP) is 2.44. The molecule has 2 unspecified atom stereocenters. The van der Waals surface area contributed by atoms with E-state index in [9.17, 15) is 0 Å². The lowest BCUT2D eigenvalue weighted by molar-refractivity contribution is 0.176. The summed E-state index contributed by atoms with van der Waals surface area (Å²) in [5.74, 6) is 1.79. The molecule has 84 valence electrons. The molecule has 14 heavy (non-hydrogen) atoms. The van der Waals surface area contributed by atoms with Crippen molar-refractivity contribution in [2.45, 2.75) is 45.1 Å². The Morgan fingerprint density at radius 2 is 2.00 bits per heavy atom. The summed E-state index contributed by atoms with van der Waals surface area (Å²) in [4.78, 5) is 0. The van der Waals surface area contributed by atoms with E-state index in [1.54, 1.807) is 7.11 Å². The molecule has 0 aromatic carbocycles. The Morgan fingerprint density at radius 3 is 2.50 bits per heavy atom. The van der Waals surface area contributed by atoms with Crippen LogP contribution in [0.4, 0.5) is 0 Å². The van der Waals surface area contributed by atoms with Gasteiger partial charge in [0.1, 0.15) is 0 Å². The van der Waals surface area contributed by atoms with Crippen LogP contribution in [0.25, 0.3) is 0 Å². The van der Waals surface area contributed by atoms with Gasteiger partial charge in [0.05, 0.1) is 0 Å². The van der Waals surface area contributed by atoms with Crippen molar-refractivity contribution in [1.29, 1.82) is 0 Å². The molecule has 2 heteroatoms. The van der Waals surface area contributed by atoms with Gasteiger partial charge in [0.15, 0.2) is 0 Å². The first-order chi connectivity index (χ1) is 6.77. The van der Waals surface area contributed by atoms with Crippen molar-refractivity contribution in [3.05, 3.63) is 0 Å². The lowest BCUT2D eigenvalue weighted by Gasteiger charge is -2.18. The Labute approximate surface area is 88.4 Å². The first-order valence-electron chi connectivity index (χ1n) is 5.94. The van der Waals surface area contributed by atoms with Gasteiger partial charge < -0.3 is 10.1 Å². The average Bonchev–Trinajstić information content (AvgIpc) is 2.99. The van der Waals surface area contributed by atoms with Crippen molar-refractivity contribution in [3.63, 3.8) is 0 Å². The van der Waals surface area contributed by atoms with Crippen molar-refractivity contribution in [3.8, 4) is 0 Å². The number of methoxy groups -OCH3 is 1. The van der Waals surface area contributed by atoms with E-state index in [0.717, 1.165) is 24.5 Å². The number of rotatable bonds is 8. The molecule has 2 nitrogen and oxygen atoms in total. The van der Waals surface area contributed by atoms with E-state index < -0.39 is 0 Å². The molecule has 1 N–H and O–H groups in total. The quantitative estimate of drug-likeness (QED) is 0.648. The smallest absolute Gasteiger partial charge is 0.0464 e. The Bertz CT molecular complexity index is 145. The van der Waals surface area contributed by atoms with Crippen molar-refractivity contribution >= 4 is 0 Å². The molecule has 1 saturated carbocycles. The highest BCUT2D eigenvalue weighted by Crippen LogP contribution is 2.34. The summed E-state index contributed by atoms with van der Waals surface area (Å²) in [5.41, 5.74) is 0. The number of nitrogens with one attached hydrogen (secondary N) is 1. The van der Waals surface area contributed by atoms with Crippen LogP contribution in [0.2, 0.25) is 0 Å². The van der Waals surface area contributed by atoms with E-state index in [1.807, 2.05) is 0 Å². The van der Waals surface area contributed by atoms with Gasteiger partial charge in [-0.1, -0.05) is 6.92 Å². The molecule has 0 radical (unpaired) electrons. The van der Waals surface area contributed by atoms with Crippen LogP contribution in [-0.4, -0.2) is 26.8 Å². The second kappa shape index (κ2) is 6.41. The molecular formula is C12H25NO. The monoisotopic (exact) mass is 199 g/mol. The molecule has 0 aliphatic heterocycles. The first-order valence-corrected chi connectivity index (χ1v) is 5.94. The van der Waals surface area contributed by atoms with Gasteiger partial charge in [-0.3, -0.25) is 0 Å². The highest BCUT2D eigenvalue weighted by atomic mass is 16.5. The van der Waals surface area contributed by atoms with E-state index in [2.05, 4.69) is 19.3 Å². The molecule has 0 amide bonds. The Morgan fingerprint density at radius 1 is 1.29 bits per heavy atom. The predicted molar refractivity (Wildman–Crippen MR) is 60.5 cm³/mol. The second-order valence-electron chi connectivity index (χ2n) is 4.70. The molecular weight excluding hydrogens is 174 g/mol. The van der Waals surface area contributed by atoms with Crippen LogP contribution in [-0.2, 0) is 4.74 Å². The fourth-order valence-electron chi connectivity index (χ4n) is 2.04. The Balaban J connectivity index is 2.04. The van der Waals surface area contributed by atoms with Crippen LogP contribution >= 0.6 is 0 Å². The molecule has 1 fully saturated rings. The van der Waals surface area contributed by atoms with E-state index in [-0.39, 0.29) is 0 Å². The van der Waals surface area contributed by atoms with Gasteiger partial charge in [0.2, 0.25) is 0 Å². The lowest BCUT2D eigenvalue weighted by Crippen LogP contribution is -2.27. The molecule has 0 bridgehead atoms. The lowest BCUT2D eigenvalue weighted by atomic mass is 9.97. The topological polar surface area (TPSA) is 21.3 Å². The van der Waals surface area contributed by atoms with Crippen molar-refractivity contribution < 1.29 is 4.74 Å². The summed E-state index contributed by atoms with van der Waals surface area (Å²) in [6.07, 6.45) is 6.77. The average molecular weight is 199 g/mol. The minimum Gasteiger partial charge on any atom is -0.385 e. The zero-order valence-corrected chi connectivity index (χ0v) is 9.88. The summed E-state index contributed by atoms with van der Waals surface area (Å²) < 4.78 is 5.09. The van der Waals surface area contributed by atoms with Crippen molar-refractivity contribution in [2.24, 2.45) is 11.8 Å². The van der Waals surface area contributed by atoms with E-state index in [1.165, 1.54) is 32.1 Å². The fraction of sp³-hybridized carbons (Fsp3) is 1.00. The normalized spacial score (nSPS) is 20.8. The molecule has 0 spiro atoms. The summed E-state index contributed by atoms with van der Waals surface area (Å²) >= 11 is 0. The fourth-order valence-corrected chi connectivity index (χ4v) is 2.04. The molecule has 0 saturated heterocycles. The van der Waals surface area contributed by atoms with Gasteiger partial charge in [0, 0.05) is 19.8 Å². The number of hydrogen-bond donors (Lipinski definition) is 1. The van der Waals surface area contributed by atoms with Gasteiger partial charge in [-0.15, -0.1) is 0 Å². The maximum absolute atomic E-state index is 5.09. The summed E-state index contributed by atoms with van der Waals surface area (Å²) in [6, 6.07) is 0.778. The standard InChI is InChI=1S/C12H25NO/c1-10(8-9-14-3)4-7-12(13-2)11-5-6-11/h10-13H,4-9H2,1-3H3. The van der Waals surface area contributed by atoms with Gasteiger partial charge in [-0.2, -0.15) is 0 Å². The van der Waals surface area contributed by atoms with Gasteiger partial charge in [0.25, 0.3) is 0 Å². The zero-order valence-electron chi connectivity index (χ0n) is 9.88. The summed E-state index contributed by atoms with van der Waals surface area (Å²) in [5, 5.41) is 3.44. The minimum atomic E-state index is 0.778. The Hall–Kier alpha value is -0.0800. The van der Waals surface area contributed by atoms with Crippen molar-refractivity contribution in [2.75, 3.05) is 20.8 Å². The van der Waals surface area contributed by atoms with E-state index >= 15 is 0 Å². The summed E-state index contributed by atoms with van der Waals surface area (Å²) in [6.45, 7) is 3.24. The van der Waals surface area contributed by atoms with E-state index in [4.69, 9.17) is 4.74 Å². The molecule has 0 aromatic rings. The highest BCUT2D eigenvalue weighted by molar-refractivity contribution is 4.85. The maximum atomic E-state index is 5.09. The van der Waals surface area contributed by atoms with Crippen LogP contribution in [0.15, 0.2) is 0 Å². The first kappa shape index (κ1) is 12.0. The number of ether oxygens (including phenoxy) is 1. The third-order valence-electron chi connectivity index (χ3n) is 3.35. The third kappa shape index (κ3) is 4.43. The highest BCUT2D eigenvalue weighted by Gasteiger charge is 2.29. The Kier molecular flexibility index (Phi) is 5.49. The zero-order chi connectivity index (χ0) is 10.4.